The highest BCUT2D eigenvalue weighted by atomic mass is 16.7. The van der Waals surface area contributed by atoms with Crippen molar-refractivity contribution in [1.29, 1.82) is 0 Å². The van der Waals surface area contributed by atoms with E-state index in [0.717, 1.165) is 76.3 Å². The van der Waals surface area contributed by atoms with Gasteiger partial charge < -0.3 is 46.1 Å². The molecule has 48 heavy (non-hydrogen) atoms. The van der Waals surface area contributed by atoms with Crippen LogP contribution < -0.4 is 11.1 Å². The van der Waals surface area contributed by atoms with Crippen LogP contribution in [0.3, 0.4) is 0 Å². The lowest BCUT2D eigenvalue weighted by atomic mass is 9.58. The predicted octanol–water partition coefficient (Wildman–Crippen LogP) is 2.54. The molecule has 0 aromatic rings. The van der Waals surface area contributed by atoms with Gasteiger partial charge in [-0.05, 0) is 93.2 Å². The fraction of sp³-hybridized carbons (Fsp3) is 0.838. The summed E-state index contributed by atoms with van der Waals surface area (Å²) in [4.78, 5) is 28.3. The Labute approximate surface area is 283 Å². The molecule has 11 nitrogen and oxygen atoms in total. The number of carbonyl (C=O) groups excluding carboxylic acids is 2. The van der Waals surface area contributed by atoms with Crippen LogP contribution in [0.15, 0.2) is 23.5 Å². The second-order valence-electron chi connectivity index (χ2n) is 16.3. The number of allylic oxidation sites excluding steroid dienone is 4. The fourth-order valence-corrected chi connectivity index (χ4v) is 11.1. The number of fused-ring (bicyclic) bond motifs is 2. The molecule has 0 radical (unpaired) electrons. The van der Waals surface area contributed by atoms with Gasteiger partial charge in [0.25, 0.3) is 0 Å². The van der Waals surface area contributed by atoms with Gasteiger partial charge in [0.15, 0.2) is 12.1 Å². The molecule has 0 spiro atoms. The fourth-order valence-electron chi connectivity index (χ4n) is 11.1. The minimum atomic E-state index is -2.05. The Kier molecular flexibility index (Phi) is 9.98. The van der Waals surface area contributed by atoms with Gasteiger partial charge in [0.05, 0.1) is 36.6 Å². The number of ether oxygens (including phenoxy) is 2. The van der Waals surface area contributed by atoms with Gasteiger partial charge in [-0.1, -0.05) is 44.6 Å². The number of hydrogen-bond acceptors (Lipinski definition) is 11. The van der Waals surface area contributed by atoms with Crippen LogP contribution >= 0.6 is 0 Å². The second-order valence-corrected chi connectivity index (χ2v) is 16.3. The Balaban J connectivity index is 1.13. The quantitative estimate of drug-likeness (QED) is 0.210. The zero-order valence-corrected chi connectivity index (χ0v) is 28.1. The molecular weight excluding hydrogens is 616 g/mol. The molecule has 0 aromatic carbocycles. The SMILES string of the molecule is NC1CC(C2(C[C@]3(O)[C@H](O)[C@@H](CO)O[C@H](OC4CCCC5C(=O)[C@H]6C=C(C7CCCCC7)C=C(O)[C@@H]6C(=O)C45)[C@@H]3O)CCCC2)CCN1. The third-order valence-corrected chi connectivity index (χ3v) is 13.6. The molecule has 8 N–H and O–H groups in total. The van der Waals surface area contributed by atoms with Crippen molar-refractivity contribution < 1.29 is 44.6 Å². The third kappa shape index (κ3) is 6.04. The largest absolute Gasteiger partial charge is 0.512 e. The number of rotatable bonds is 7. The molecule has 5 aliphatic carbocycles. The van der Waals surface area contributed by atoms with Gasteiger partial charge in [-0.15, -0.1) is 0 Å². The highest BCUT2D eigenvalue weighted by Crippen LogP contribution is 2.55. The number of Topliss-reactive ketones (excluding diaryl/α,β-unsaturated/α-hetero) is 2. The van der Waals surface area contributed by atoms with Crippen molar-refractivity contribution >= 4 is 11.6 Å². The molecule has 0 aromatic heterocycles. The maximum atomic E-state index is 14.2. The average Bonchev–Trinajstić information content (AvgIpc) is 3.57. The Morgan fingerprint density at radius 2 is 1.71 bits per heavy atom. The van der Waals surface area contributed by atoms with Gasteiger partial charge in [-0.3, -0.25) is 9.59 Å². The van der Waals surface area contributed by atoms with E-state index in [1.165, 1.54) is 6.42 Å². The molecule has 0 amide bonds. The van der Waals surface area contributed by atoms with Crippen molar-refractivity contribution in [1.82, 2.24) is 5.32 Å². The Hall–Kier alpha value is -1.70. The van der Waals surface area contributed by atoms with E-state index in [2.05, 4.69) is 5.32 Å². The van der Waals surface area contributed by atoms with E-state index in [-0.39, 0.29) is 41.2 Å². The summed E-state index contributed by atoms with van der Waals surface area (Å²) in [6.45, 7) is 0.153. The number of piperidine rings is 1. The number of carbonyl (C=O) groups is 2. The summed E-state index contributed by atoms with van der Waals surface area (Å²) in [7, 11) is 0. The summed E-state index contributed by atoms with van der Waals surface area (Å²) in [5.41, 5.74) is 4.85. The minimum Gasteiger partial charge on any atom is -0.512 e. The van der Waals surface area contributed by atoms with Gasteiger partial charge in [0, 0.05) is 5.92 Å². The first-order valence-corrected chi connectivity index (χ1v) is 18.8. The standard InChI is InChI=1S/C37H56N2O9/c38-28-17-22(11-14-39-28)36(12-4-5-13-36)19-37(46)33(44)27(18-40)48-35(34(37)45)47-26-10-6-9-23-30(26)32(43)29-24(31(23)42)15-21(16-25(29)41)20-7-2-1-3-8-20/h15-16,20,22-24,26-30,33-35,39-41,44-46H,1-14,17-19,38H2/t22?,23?,24-,26?,27+,28?,29+,30?,33+,34-,35-,37-/m0/s1. The van der Waals surface area contributed by atoms with Crippen molar-refractivity contribution in [2.45, 2.75) is 139 Å². The van der Waals surface area contributed by atoms with E-state index >= 15 is 0 Å². The first-order valence-electron chi connectivity index (χ1n) is 18.8. The first kappa shape index (κ1) is 34.7. The smallest absolute Gasteiger partial charge is 0.187 e. The molecule has 2 aliphatic heterocycles. The summed E-state index contributed by atoms with van der Waals surface area (Å²) < 4.78 is 12.4. The van der Waals surface area contributed by atoms with Crippen molar-refractivity contribution in [3.05, 3.63) is 23.5 Å². The zero-order valence-electron chi connectivity index (χ0n) is 28.1. The van der Waals surface area contributed by atoms with E-state index < -0.39 is 66.6 Å². The summed E-state index contributed by atoms with van der Waals surface area (Å²) in [5.74, 6) is -2.96. The van der Waals surface area contributed by atoms with Crippen molar-refractivity contribution in [3.63, 3.8) is 0 Å². The normalized spacial score (nSPS) is 45.2. The van der Waals surface area contributed by atoms with Crippen molar-refractivity contribution in [2.24, 2.45) is 46.7 Å². The van der Waals surface area contributed by atoms with Crippen LogP contribution in [0.5, 0.6) is 0 Å². The van der Waals surface area contributed by atoms with Gasteiger partial charge in [0.1, 0.15) is 35.5 Å². The number of ketones is 2. The van der Waals surface area contributed by atoms with Crippen LogP contribution in [0.4, 0.5) is 0 Å². The minimum absolute atomic E-state index is 0.0560. The molecule has 12 atom stereocenters. The average molecular weight is 673 g/mol. The Morgan fingerprint density at radius 3 is 2.42 bits per heavy atom. The van der Waals surface area contributed by atoms with Crippen molar-refractivity contribution in [2.75, 3.05) is 13.2 Å². The second kappa shape index (κ2) is 13.8. The third-order valence-electron chi connectivity index (χ3n) is 13.6. The van der Waals surface area contributed by atoms with Crippen LogP contribution in [0.25, 0.3) is 0 Å². The van der Waals surface area contributed by atoms with Crippen LogP contribution in [0.2, 0.25) is 0 Å². The maximum Gasteiger partial charge on any atom is 0.187 e. The summed E-state index contributed by atoms with van der Waals surface area (Å²) in [6, 6.07) is 0. The molecule has 2 saturated heterocycles. The van der Waals surface area contributed by atoms with Crippen molar-refractivity contribution in [3.8, 4) is 0 Å². The van der Waals surface area contributed by atoms with Gasteiger partial charge >= 0.3 is 0 Å². The van der Waals surface area contributed by atoms with E-state index in [9.17, 15) is 35.1 Å². The highest BCUT2D eigenvalue weighted by molar-refractivity contribution is 6.02. The molecule has 11 heteroatoms. The van der Waals surface area contributed by atoms with E-state index in [0.29, 0.717) is 25.2 Å². The van der Waals surface area contributed by atoms with Crippen LogP contribution in [-0.4, -0.2) is 92.7 Å². The monoisotopic (exact) mass is 672 g/mol. The lowest BCUT2D eigenvalue weighted by Gasteiger charge is -2.54. The summed E-state index contributed by atoms with van der Waals surface area (Å²) in [5, 5.41) is 60.3. The lowest BCUT2D eigenvalue weighted by Crippen LogP contribution is -2.69. The molecule has 5 unspecified atom stereocenters. The number of nitrogens with two attached hydrogens (primary N) is 1. The lowest BCUT2D eigenvalue weighted by molar-refractivity contribution is -0.350. The zero-order chi connectivity index (χ0) is 33.8. The summed E-state index contributed by atoms with van der Waals surface area (Å²) in [6.07, 6.45) is 9.14. The molecule has 7 rings (SSSR count). The van der Waals surface area contributed by atoms with Crippen LogP contribution in [0.1, 0.15) is 96.3 Å². The van der Waals surface area contributed by atoms with Crippen LogP contribution in [-0.2, 0) is 19.1 Å². The van der Waals surface area contributed by atoms with E-state index in [4.69, 9.17) is 15.2 Å². The number of aliphatic hydroxyl groups is 5. The van der Waals surface area contributed by atoms with Gasteiger partial charge in [-0.2, -0.15) is 0 Å². The number of hydrogen-bond donors (Lipinski definition) is 7. The Morgan fingerprint density at radius 1 is 0.958 bits per heavy atom. The molecule has 2 heterocycles. The van der Waals surface area contributed by atoms with E-state index in [1.807, 2.05) is 6.08 Å². The van der Waals surface area contributed by atoms with Gasteiger partial charge in [0.2, 0.25) is 0 Å². The molecule has 0 bridgehead atoms. The van der Waals surface area contributed by atoms with Crippen LogP contribution in [0, 0.1) is 40.9 Å². The van der Waals surface area contributed by atoms with E-state index in [1.54, 1.807) is 6.08 Å². The number of nitrogens with one attached hydrogen (secondary N) is 1. The number of aliphatic hydroxyl groups excluding tert-OH is 4. The Bertz CT molecular complexity index is 1280. The highest BCUT2D eigenvalue weighted by Gasteiger charge is 2.61. The molecule has 6 fully saturated rings. The molecular formula is C37H56N2O9. The predicted molar refractivity (Wildman–Crippen MR) is 175 cm³/mol. The topological polar surface area (TPSA) is 192 Å². The molecule has 268 valence electrons. The molecule has 7 aliphatic rings. The van der Waals surface area contributed by atoms with Gasteiger partial charge in [-0.25, -0.2) is 0 Å². The molecule has 4 saturated carbocycles. The first-order chi connectivity index (χ1) is 23.1. The maximum absolute atomic E-state index is 14.2. The summed E-state index contributed by atoms with van der Waals surface area (Å²) >= 11 is 0.